The van der Waals surface area contributed by atoms with Crippen LogP contribution in [-0.4, -0.2) is 10.6 Å². The molecule has 13 rings (SSSR count). The number of nitrogens with zero attached hydrogens (tertiary/aromatic N) is 3. The van der Waals surface area contributed by atoms with Crippen molar-refractivity contribution in [1.82, 2.24) is 4.57 Å². The highest BCUT2D eigenvalue weighted by molar-refractivity contribution is 6.10. The standard InChI is InChI=1S/C66H47N3/c1-4-15-46(16-5-1)48-27-35-55(36-28-48)67(56-37-29-49(30-38-56)47-17-6-2-7-18-47)58-22-14-19-51(43-58)50-31-39-57(40-32-50)69-64-26-13-11-24-60(64)62-45-53(34-42-66(62)69)52-33-41-65-61(44-52)59-23-10-12-25-63(59)68(65)54-20-8-3-9-21-54/h1-45,59,63H. The molecular weight excluding hydrogens is 835 g/mol. The van der Waals surface area contributed by atoms with E-state index < -0.39 is 0 Å². The molecule has 1 aromatic heterocycles. The summed E-state index contributed by atoms with van der Waals surface area (Å²) in [5.74, 6) is 0.301. The van der Waals surface area contributed by atoms with Gasteiger partial charge in [0.1, 0.15) is 0 Å². The molecule has 326 valence electrons. The van der Waals surface area contributed by atoms with Gasteiger partial charge in [0, 0.05) is 50.8 Å². The van der Waals surface area contributed by atoms with E-state index in [1.165, 1.54) is 72.1 Å². The molecule has 0 saturated carbocycles. The van der Waals surface area contributed by atoms with Crippen LogP contribution in [0.15, 0.2) is 273 Å². The Hall–Kier alpha value is -8.92. The van der Waals surface area contributed by atoms with Gasteiger partial charge in [-0.2, -0.15) is 0 Å². The van der Waals surface area contributed by atoms with E-state index in [1.807, 2.05) is 0 Å². The van der Waals surface area contributed by atoms with Gasteiger partial charge in [-0.15, -0.1) is 0 Å². The van der Waals surface area contributed by atoms with Crippen LogP contribution in [-0.2, 0) is 0 Å². The molecule has 0 radical (unpaired) electrons. The summed E-state index contributed by atoms with van der Waals surface area (Å²) in [5, 5.41) is 2.50. The van der Waals surface area contributed by atoms with Crippen molar-refractivity contribution < 1.29 is 0 Å². The third-order valence-corrected chi connectivity index (χ3v) is 14.1. The van der Waals surface area contributed by atoms with Crippen LogP contribution in [0.5, 0.6) is 0 Å². The molecule has 2 heterocycles. The summed E-state index contributed by atoms with van der Waals surface area (Å²) >= 11 is 0. The van der Waals surface area contributed by atoms with Crippen molar-refractivity contribution in [2.24, 2.45) is 0 Å². The number of fused-ring (bicyclic) bond motifs is 6. The lowest BCUT2D eigenvalue weighted by Gasteiger charge is -2.28. The highest BCUT2D eigenvalue weighted by atomic mass is 15.2. The molecule has 2 unspecified atom stereocenters. The van der Waals surface area contributed by atoms with Crippen LogP contribution in [0.1, 0.15) is 11.5 Å². The van der Waals surface area contributed by atoms with E-state index in [9.17, 15) is 0 Å². The van der Waals surface area contributed by atoms with Crippen molar-refractivity contribution in [3.05, 3.63) is 279 Å². The number of hydrogen-bond acceptors (Lipinski definition) is 2. The summed E-state index contributed by atoms with van der Waals surface area (Å²) < 4.78 is 2.42. The highest BCUT2D eigenvalue weighted by Gasteiger charge is 2.37. The number of rotatable bonds is 9. The van der Waals surface area contributed by atoms with Crippen LogP contribution in [0, 0.1) is 0 Å². The Bertz CT molecular complexity index is 3620. The molecule has 2 aliphatic rings. The predicted molar refractivity (Wildman–Crippen MR) is 291 cm³/mol. The van der Waals surface area contributed by atoms with Gasteiger partial charge in [0.25, 0.3) is 0 Å². The van der Waals surface area contributed by atoms with Crippen LogP contribution in [0.3, 0.4) is 0 Å². The Kier molecular flexibility index (Phi) is 9.98. The second-order valence-electron chi connectivity index (χ2n) is 18.1. The van der Waals surface area contributed by atoms with E-state index in [0.29, 0.717) is 5.92 Å². The highest BCUT2D eigenvalue weighted by Crippen LogP contribution is 2.49. The SMILES string of the molecule is C1=CC2c3cc(-c4ccc5c(c4)c4ccccc4n5-c4ccc(-c5cccc(N(c6ccc(-c7ccccc7)cc6)c6ccc(-c7ccccc7)cc6)c5)cc4)ccc3N(c3ccccc3)C2C=C1. The molecule has 3 nitrogen and oxygen atoms in total. The van der Waals surface area contributed by atoms with Crippen LogP contribution in [0.2, 0.25) is 0 Å². The molecule has 0 fully saturated rings. The van der Waals surface area contributed by atoms with Gasteiger partial charge in [0.2, 0.25) is 0 Å². The zero-order chi connectivity index (χ0) is 45.7. The Morgan fingerprint density at radius 1 is 0.319 bits per heavy atom. The van der Waals surface area contributed by atoms with Crippen molar-refractivity contribution in [2.45, 2.75) is 12.0 Å². The van der Waals surface area contributed by atoms with Crippen molar-refractivity contribution >= 4 is 50.2 Å². The topological polar surface area (TPSA) is 11.4 Å². The lowest BCUT2D eigenvalue weighted by Crippen LogP contribution is -2.28. The summed E-state index contributed by atoms with van der Waals surface area (Å²) in [7, 11) is 0. The summed E-state index contributed by atoms with van der Waals surface area (Å²) in [6, 6.07) is 90.9. The molecule has 69 heavy (non-hydrogen) atoms. The maximum atomic E-state index is 2.50. The molecule has 1 aliphatic heterocycles. The largest absolute Gasteiger partial charge is 0.333 e. The fourth-order valence-electron chi connectivity index (χ4n) is 10.8. The van der Waals surface area contributed by atoms with Crippen LogP contribution in [0.4, 0.5) is 28.4 Å². The minimum absolute atomic E-state index is 0.264. The lowest BCUT2D eigenvalue weighted by atomic mass is 9.89. The van der Waals surface area contributed by atoms with Gasteiger partial charge in [0.05, 0.1) is 17.1 Å². The fourth-order valence-corrected chi connectivity index (χ4v) is 10.8. The van der Waals surface area contributed by atoms with Gasteiger partial charge in [-0.1, -0.05) is 182 Å². The number of anilines is 5. The molecule has 1 aliphatic carbocycles. The minimum Gasteiger partial charge on any atom is -0.333 e. The number of benzene rings is 10. The molecule has 0 bridgehead atoms. The van der Waals surface area contributed by atoms with Crippen molar-refractivity contribution in [2.75, 3.05) is 9.80 Å². The maximum absolute atomic E-state index is 2.50. The average molecular weight is 882 g/mol. The van der Waals surface area contributed by atoms with Crippen LogP contribution >= 0.6 is 0 Å². The first kappa shape index (κ1) is 40.4. The van der Waals surface area contributed by atoms with Gasteiger partial charge in [0.15, 0.2) is 0 Å². The Labute approximate surface area is 403 Å². The smallest absolute Gasteiger partial charge is 0.0629 e. The van der Waals surface area contributed by atoms with E-state index in [1.54, 1.807) is 0 Å². The second kappa shape index (κ2) is 17.1. The fraction of sp³-hybridized carbons (Fsp3) is 0.0303. The number of allylic oxidation sites excluding steroid dienone is 2. The van der Waals surface area contributed by atoms with Crippen LogP contribution < -0.4 is 9.80 Å². The quantitative estimate of drug-likeness (QED) is 0.143. The average Bonchev–Trinajstić information content (AvgIpc) is 3.94. The molecule has 0 spiro atoms. The van der Waals surface area contributed by atoms with Crippen molar-refractivity contribution in [3.8, 4) is 50.2 Å². The van der Waals surface area contributed by atoms with Crippen molar-refractivity contribution in [3.63, 3.8) is 0 Å². The summed E-state index contributed by atoms with van der Waals surface area (Å²) in [4.78, 5) is 4.85. The molecular formula is C66H47N3. The maximum Gasteiger partial charge on any atom is 0.0629 e. The molecule has 3 heteroatoms. The van der Waals surface area contributed by atoms with Gasteiger partial charge in [-0.05, 0) is 141 Å². The summed E-state index contributed by atoms with van der Waals surface area (Å²) in [6.07, 6.45) is 9.09. The van der Waals surface area contributed by atoms with Crippen LogP contribution in [0.25, 0.3) is 72.0 Å². The lowest BCUT2D eigenvalue weighted by molar-refractivity contribution is 0.745. The third-order valence-electron chi connectivity index (χ3n) is 14.1. The predicted octanol–water partition coefficient (Wildman–Crippen LogP) is 17.7. The molecule has 0 amide bonds. The van der Waals surface area contributed by atoms with E-state index in [-0.39, 0.29) is 6.04 Å². The minimum atomic E-state index is 0.264. The van der Waals surface area contributed by atoms with E-state index in [2.05, 4.69) is 287 Å². The van der Waals surface area contributed by atoms with Gasteiger partial charge < -0.3 is 14.4 Å². The van der Waals surface area contributed by atoms with Crippen molar-refractivity contribution in [1.29, 1.82) is 0 Å². The van der Waals surface area contributed by atoms with E-state index in [0.717, 1.165) is 33.9 Å². The molecule has 11 aromatic rings. The van der Waals surface area contributed by atoms with Gasteiger partial charge in [-0.25, -0.2) is 0 Å². The number of aromatic nitrogens is 1. The first-order valence-electron chi connectivity index (χ1n) is 23.9. The summed E-state index contributed by atoms with van der Waals surface area (Å²) in [5.41, 5.74) is 20.3. The normalized spacial score (nSPS) is 14.8. The Balaban J connectivity index is 0.837. The summed E-state index contributed by atoms with van der Waals surface area (Å²) in [6.45, 7) is 0. The second-order valence-corrected chi connectivity index (χ2v) is 18.1. The molecule has 2 atom stereocenters. The number of hydrogen-bond donors (Lipinski definition) is 0. The zero-order valence-corrected chi connectivity index (χ0v) is 38.0. The molecule has 0 N–H and O–H groups in total. The monoisotopic (exact) mass is 881 g/mol. The van der Waals surface area contributed by atoms with Gasteiger partial charge >= 0.3 is 0 Å². The first-order chi connectivity index (χ1) is 34.2. The molecule has 10 aromatic carbocycles. The third kappa shape index (κ3) is 7.24. The zero-order valence-electron chi connectivity index (χ0n) is 38.0. The molecule has 0 saturated heterocycles. The van der Waals surface area contributed by atoms with Gasteiger partial charge in [-0.3, -0.25) is 0 Å². The first-order valence-corrected chi connectivity index (χ1v) is 23.9. The Morgan fingerprint density at radius 2 is 0.826 bits per heavy atom. The van der Waals surface area contributed by atoms with E-state index >= 15 is 0 Å². The van der Waals surface area contributed by atoms with E-state index in [4.69, 9.17) is 0 Å². The number of para-hydroxylation sites is 2. The Morgan fingerprint density at radius 3 is 1.52 bits per heavy atom.